The second-order valence-corrected chi connectivity index (χ2v) is 7.42. The molecule has 118 valence electrons. The molecule has 2 N–H and O–H groups in total. The van der Waals surface area contributed by atoms with E-state index in [1.54, 1.807) is 39.0 Å². The van der Waals surface area contributed by atoms with E-state index in [1.165, 1.54) is 12.1 Å². The number of aliphatic carboxylic acids is 1. The maximum atomic E-state index is 11.9. The summed E-state index contributed by atoms with van der Waals surface area (Å²) >= 11 is 0. The van der Waals surface area contributed by atoms with E-state index >= 15 is 0 Å². The number of aliphatic hydroxyl groups is 1. The summed E-state index contributed by atoms with van der Waals surface area (Å²) in [7, 11) is -4.01. The van der Waals surface area contributed by atoms with Crippen LogP contribution in [0.3, 0.4) is 0 Å². The summed E-state index contributed by atoms with van der Waals surface area (Å²) in [6.07, 6.45) is -1.43. The summed E-state index contributed by atoms with van der Waals surface area (Å²) < 4.78 is 28.6. The quantitative estimate of drug-likeness (QED) is 0.771. The van der Waals surface area contributed by atoms with Crippen LogP contribution in [-0.4, -0.2) is 37.3 Å². The molecule has 0 spiro atoms. The number of carbonyl (C=O) groups is 1. The minimum atomic E-state index is -4.01. The molecule has 0 fully saturated rings. The number of carboxylic acids is 1. The largest absolute Gasteiger partial charge is 0.481 e. The zero-order valence-corrected chi connectivity index (χ0v) is 13.0. The first-order valence-corrected chi connectivity index (χ1v) is 7.82. The number of rotatable bonds is 6. The Kier molecular flexibility index (Phi) is 5.49. The van der Waals surface area contributed by atoms with Gasteiger partial charge in [-0.2, -0.15) is 8.42 Å². The Balaban J connectivity index is 2.81. The highest BCUT2D eigenvalue weighted by atomic mass is 32.2. The molecule has 0 aliphatic carbocycles. The minimum absolute atomic E-state index is 0.0418. The monoisotopic (exact) mass is 316 g/mol. The molecule has 2 atom stereocenters. The van der Waals surface area contributed by atoms with Gasteiger partial charge in [-0.05, 0) is 17.5 Å². The first kappa shape index (κ1) is 17.6. The standard InChI is InChI=1S/C14H20O6S/c1-14(2,3)12(13(16)17)11(15)9-20-21(18,19)10-7-5-4-6-8-10/h4-8,11-12,15H,9H2,1-3H3,(H,16,17). The Morgan fingerprint density at radius 2 is 1.76 bits per heavy atom. The van der Waals surface area contributed by atoms with Crippen molar-refractivity contribution in [1.29, 1.82) is 0 Å². The third-order valence-electron chi connectivity index (χ3n) is 3.01. The summed E-state index contributed by atoms with van der Waals surface area (Å²) in [5, 5.41) is 19.1. The fourth-order valence-corrected chi connectivity index (χ4v) is 2.97. The van der Waals surface area contributed by atoms with Crippen molar-refractivity contribution in [2.75, 3.05) is 6.61 Å². The molecule has 0 aliphatic heterocycles. The first-order chi connectivity index (χ1) is 9.55. The Labute approximate surface area is 124 Å². The van der Waals surface area contributed by atoms with Crippen molar-refractivity contribution >= 4 is 16.1 Å². The molecule has 7 heteroatoms. The van der Waals surface area contributed by atoms with Gasteiger partial charge in [-0.15, -0.1) is 0 Å². The van der Waals surface area contributed by atoms with Gasteiger partial charge in [0.15, 0.2) is 0 Å². The number of hydrogen-bond acceptors (Lipinski definition) is 5. The van der Waals surface area contributed by atoms with E-state index < -0.39 is 40.1 Å². The fraction of sp³-hybridized carbons (Fsp3) is 0.500. The van der Waals surface area contributed by atoms with E-state index in [9.17, 15) is 18.3 Å². The fourth-order valence-electron chi connectivity index (χ4n) is 2.02. The van der Waals surface area contributed by atoms with Crippen molar-refractivity contribution in [3.63, 3.8) is 0 Å². The minimum Gasteiger partial charge on any atom is -0.481 e. The lowest BCUT2D eigenvalue weighted by Crippen LogP contribution is -2.41. The molecule has 1 aromatic carbocycles. The van der Waals surface area contributed by atoms with Crippen molar-refractivity contribution in [3.05, 3.63) is 30.3 Å². The van der Waals surface area contributed by atoms with Crippen molar-refractivity contribution in [1.82, 2.24) is 0 Å². The molecule has 0 aliphatic rings. The van der Waals surface area contributed by atoms with Gasteiger partial charge in [-0.1, -0.05) is 39.0 Å². The lowest BCUT2D eigenvalue weighted by molar-refractivity contribution is -0.152. The van der Waals surface area contributed by atoms with Gasteiger partial charge in [-0.3, -0.25) is 8.98 Å². The second-order valence-electron chi connectivity index (χ2n) is 5.80. The van der Waals surface area contributed by atoms with Gasteiger partial charge in [0.2, 0.25) is 0 Å². The van der Waals surface area contributed by atoms with E-state index in [0.29, 0.717) is 0 Å². The van der Waals surface area contributed by atoms with Gasteiger partial charge in [0.25, 0.3) is 10.1 Å². The summed E-state index contributed by atoms with van der Waals surface area (Å²) in [4.78, 5) is 11.2. The predicted molar refractivity (Wildman–Crippen MR) is 76.2 cm³/mol. The molecule has 2 unspecified atom stereocenters. The molecule has 0 saturated carbocycles. The van der Waals surface area contributed by atoms with E-state index in [0.717, 1.165) is 0 Å². The van der Waals surface area contributed by atoms with Crippen LogP contribution in [0.2, 0.25) is 0 Å². The Bertz CT molecular complexity index is 573. The normalized spacial score (nSPS) is 15.4. The topological polar surface area (TPSA) is 101 Å². The third-order valence-corrected chi connectivity index (χ3v) is 4.31. The van der Waals surface area contributed by atoms with E-state index in [1.807, 2.05) is 0 Å². The second kappa shape index (κ2) is 6.55. The summed E-state index contributed by atoms with van der Waals surface area (Å²) in [6, 6.07) is 7.47. The third kappa shape index (κ3) is 4.80. The van der Waals surface area contributed by atoms with E-state index in [4.69, 9.17) is 9.29 Å². The zero-order chi connectivity index (χ0) is 16.3. The van der Waals surface area contributed by atoms with Crippen LogP contribution in [0.15, 0.2) is 35.2 Å². The van der Waals surface area contributed by atoms with Crippen LogP contribution in [0.4, 0.5) is 0 Å². The van der Waals surface area contributed by atoms with Crippen LogP contribution in [0.5, 0.6) is 0 Å². The average Bonchev–Trinajstić information content (AvgIpc) is 2.35. The van der Waals surface area contributed by atoms with Crippen LogP contribution in [0, 0.1) is 11.3 Å². The molecular weight excluding hydrogens is 296 g/mol. The lowest BCUT2D eigenvalue weighted by Gasteiger charge is -2.30. The molecule has 1 aromatic rings. The maximum absolute atomic E-state index is 11.9. The summed E-state index contributed by atoms with van der Waals surface area (Å²) in [6.45, 7) is 4.35. The van der Waals surface area contributed by atoms with Gasteiger partial charge in [-0.25, -0.2) is 0 Å². The molecule has 0 radical (unpaired) electrons. The van der Waals surface area contributed by atoms with Gasteiger partial charge in [0, 0.05) is 0 Å². The van der Waals surface area contributed by atoms with Gasteiger partial charge >= 0.3 is 5.97 Å². The Morgan fingerprint density at radius 3 is 2.19 bits per heavy atom. The average molecular weight is 316 g/mol. The summed E-state index contributed by atoms with van der Waals surface area (Å²) in [5.41, 5.74) is -0.731. The molecule has 0 bridgehead atoms. The molecular formula is C14H20O6S. The molecule has 21 heavy (non-hydrogen) atoms. The van der Waals surface area contributed by atoms with Crippen molar-refractivity contribution in [2.24, 2.45) is 11.3 Å². The summed E-state index contributed by atoms with van der Waals surface area (Å²) in [5.74, 6) is -2.33. The number of carboxylic acid groups (broad SMARTS) is 1. The van der Waals surface area contributed by atoms with Crippen molar-refractivity contribution in [2.45, 2.75) is 31.8 Å². The molecule has 0 saturated heterocycles. The molecule has 1 rings (SSSR count). The highest BCUT2D eigenvalue weighted by molar-refractivity contribution is 7.86. The van der Waals surface area contributed by atoms with Crippen LogP contribution >= 0.6 is 0 Å². The molecule has 0 heterocycles. The van der Waals surface area contributed by atoms with E-state index in [2.05, 4.69) is 0 Å². The lowest BCUT2D eigenvalue weighted by atomic mass is 9.77. The van der Waals surface area contributed by atoms with Crippen molar-refractivity contribution in [3.8, 4) is 0 Å². The highest BCUT2D eigenvalue weighted by Gasteiger charge is 2.38. The molecule has 0 aromatic heterocycles. The number of hydrogen-bond donors (Lipinski definition) is 2. The number of aliphatic hydroxyl groups excluding tert-OH is 1. The van der Waals surface area contributed by atoms with Crippen LogP contribution in [0.25, 0.3) is 0 Å². The number of benzene rings is 1. The van der Waals surface area contributed by atoms with Crippen LogP contribution in [-0.2, 0) is 19.1 Å². The first-order valence-electron chi connectivity index (χ1n) is 6.41. The van der Waals surface area contributed by atoms with Gasteiger partial charge < -0.3 is 10.2 Å². The maximum Gasteiger partial charge on any atom is 0.309 e. The highest BCUT2D eigenvalue weighted by Crippen LogP contribution is 2.29. The van der Waals surface area contributed by atoms with Crippen LogP contribution in [0.1, 0.15) is 20.8 Å². The SMILES string of the molecule is CC(C)(C)C(C(=O)O)C(O)COS(=O)(=O)c1ccccc1. The zero-order valence-electron chi connectivity index (χ0n) is 12.2. The Morgan fingerprint density at radius 1 is 1.24 bits per heavy atom. The van der Waals surface area contributed by atoms with Crippen molar-refractivity contribution < 1.29 is 27.6 Å². The molecule has 6 nitrogen and oxygen atoms in total. The van der Waals surface area contributed by atoms with Gasteiger partial charge in [0.05, 0.1) is 23.5 Å². The van der Waals surface area contributed by atoms with Gasteiger partial charge in [0.1, 0.15) is 0 Å². The predicted octanol–water partition coefficient (Wildman–Crippen LogP) is 1.50. The van der Waals surface area contributed by atoms with E-state index in [-0.39, 0.29) is 4.90 Å². The smallest absolute Gasteiger partial charge is 0.309 e. The van der Waals surface area contributed by atoms with Crippen LogP contribution < -0.4 is 0 Å². The Hall–Kier alpha value is -1.44. The molecule has 0 amide bonds.